The highest BCUT2D eigenvalue weighted by molar-refractivity contribution is 14.0. The average molecular weight is 520 g/mol. The lowest BCUT2D eigenvalue weighted by atomic mass is 10.2. The van der Waals surface area contributed by atoms with Crippen molar-refractivity contribution in [2.45, 2.75) is 19.0 Å². The van der Waals surface area contributed by atoms with Crippen molar-refractivity contribution in [3.63, 3.8) is 0 Å². The van der Waals surface area contributed by atoms with Gasteiger partial charge in [0.2, 0.25) is 0 Å². The Morgan fingerprint density at radius 2 is 2.25 bits per heavy atom. The van der Waals surface area contributed by atoms with Crippen molar-refractivity contribution in [2.75, 3.05) is 32.1 Å². The first-order valence-electron chi connectivity index (χ1n) is 8.75. The lowest BCUT2D eigenvalue weighted by Gasteiger charge is -2.20. The number of ether oxygens (including phenoxy) is 1. The molecule has 6 nitrogen and oxygen atoms in total. The molecule has 0 bridgehead atoms. The van der Waals surface area contributed by atoms with Crippen LogP contribution in [0.4, 0.5) is 10.2 Å². The molecular formula is C19H24ClFIN5O. The zero-order valence-corrected chi connectivity index (χ0v) is 18.9. The summed E-state index contributed by atoms with van der Waals surface area (Å²) in [5.74, 6) is 1.34. The summed E-state index contributed by atoms with van der Waals surface area (Å²) in [5, 5.41) is 7.27. The van der Waals surface area contributed by atoms with E-state index in [9.17, 15) is 4.39 Å². The molecule has 28 heavy (non-hydrogen) atoms. The number of nitrogens with one attached hydrogen (secondary N) is 2. The number of nitrogens with zero attached hydrogens (tertiary/aromatic N) is 3. The summed E-state index contributed by atoms with van der Waals surface area (Å²) in [6.45, 7) is 2.12. The molecule has 1 fully saturated rings. The molecule has 3 rings (SSSR count). The Morgan fingerprint density at radius 1 is 1.43 bits per heavy atom. The maximum absolute atomic E-state index is 13.8. The van der Waals surface area contributed by atoms with E-state index in [2.05, 4.69) is 25.5 Å². The summed E-state index contributed by atoms with van der Waals surface area (Å²) in [6, 6.07) is 8.79. The van der Waals surface area contributed by atoms with Gasteiger partial charge in [0.15, 0.2) is 17.5 Å². The van der Waals surface area contributed by atoms with Crippen LogP contribution in [0.3, 0.4) is 0 Å². The number of methoxy groups -OCH3 is 1. The topological polar surface area (TPSA) is 61.8 Å². The van der Waals surface area contributed by atoms with Gasteiger partial charge in [-0.2, -0.15) is 0 Å². The highest BCUT2D eigenvalue weighted by Gasteiger charge is 2.25. The van der Waals surface area contributed by atoms with Gasteiger partial charge in [-0.1, -0.05) is 17.7 Å². The molecule has 2 aromatic rings. The van der Waals surface area contributed by atoms with Crippen molar-refractivity contribution >= 4 is 47.4 Å². The van der Waals surface area contributed by atoms with Gasteiger partial charge in [-0.3, -0.25) is 4.99 Å². The maximum atomic E-state index is 13.8. The van der Waals surface area contributed by atoms with Crippen molar-refractivity contribution in [1.82, 2.24) is 15.6 Å². The Labute approximate surface area is 186 Å². The van der Waals surface area contributed by atoms with Gasteiger partial charge in [0.05, 0.1) is 12.1 Å². The molecule has 9 heteroatoms. The van der Waals surface area contributed by atoms with E-state index < -0.39 is 0 Å². The smallest absolute Gasteiger partial charge is 0.191 e. The van der Waals surface area contributed by atoms with Gasteiger partial charge in [0, 0.05) is 38.9 Å². The van der Waals surface area contributed by atoms with Crippen LogP contribution in [-0.2, 0) is 6.54 Å². The molecule has 0 spiro atoms. The summed E-state index contributed by atoms with van der Waals surface area (Å²) >= 11 is 6.24. The molecule has 1 aliphatic rings. The third-order valence-corrected chi connectivity index (χ3v) is 4.76. The van der Waals surface area contributed by atoms with E-state index in [4.69, 9.17) is 16.3 Å². The highest BCUT2D eigenvalue weighted by Crippen LogP contribution is 2.25. The normalized spacial score (nSPS) is 16.5. The summed E-state index contributed by atoms with van der Waals surface area (Å²) in [4.78, 5) is 10.8. The molecule has 1 aromatic carbocycles. The zero-order chi connectivity index (χ0) is 19.2. The Morgan fingerprint density at radius 3 is 2.93 bits per heavy atom. The zero-order valence-electron chi connectivity index (χ0n) is 15.8. The molecule has 1 saturated heterocycles. The largest absolute Gasteiger partial charge is 0.494 e. The van der Waals surface area contributed by atoms with Crippen LogP contribution in [0.2, 0.25) is 5.02 Å². The van der Waals surface area contributed by atoms with E-state index >= 15 is 0 Å². The predicted molar refractivity (Wildman–Crippen MR) is 122 cm³/mol. The van der Waals surface area contributed by atoms with Crippen LogP contribution < -0.4 is 20.3 Å². The fraction of sp³-hybridized carbons (Fsp3) is 0.368. The minimum atomic E-state index is -0.376. The minimum absolute atomic E-state index is 0. The van der Waals surface area contributed by atoms with Gasteiger partial charge in [0.25, 0.3) is 0 Å². The van der Waals surface area contributed by atoms with Gasteiger partial charge in [-0.15, -0.1) is 24.0 Å². The number of anilines is 1. The fourth-order valence-corrected chi connectivity index (χ4v) is 3.32. The van der Waals surface area contributed by atoms with Crippen molar-refractivity contribution < 1.29 is 9.13 Å². The average Bonchev–Trinajstić information content (AvgIpc) is 3.14. The van der Waals surface area contributed by atoms with Crippen LogP contribution in [0.15, 0.2) is 41.5 Å². The van der Waals surface area contributed by atoms with Crippen LogP contribution in [-0.4, -0.2) is 44.2 Å². The Bertz CT molecular complexity index is 823. The molecule has 1 aromatic heterocycles. The maximum Gasteiger partial charge on any atom is 0.191 e. The van der Waals surface area contributed by atoms with Crippen molar-refractivity contribution in [3.8, 4) is 5.75 Å². The monoisotopic (exact) mass is 519 g/mol. The standard InChI is InChI=1S/C19H23ClFN5O.HI/c1-22-19(24-11-13-5-6-17(27-2)16(21)10-13)25-14-7-9-26(12-14)18-15(20)4-3-8-23-18;/h3-6,8,10,14H,7,9,11-12H2,1-2H3,(H2,22,24,25);1H. The van der Waals surface area contributed by atoms with E-state index in [1.54, 1.807) is 19.3 Å². The fourth-order valence-electron chi connectivity index (χ4n) is 3.07. The Balaban J connectivity index is 0.00000280. The molecule has 0 amide bonds. The van der Waals surface area contributed by atoms with E-state index in [1.165, 1.54) is 13.2 Å². The number of aliphatic imine (C=N–C) groups is 1. The second-order valence-corrected chi connectivity index (χ2v) is 6.69. The molecule has 1 aliphatic heterocycles. The first kappa shape index (κ1) is 22.5. The Kier molecular flexibility index (Phi) is 8.56. The number of aromatic nitrogens is 1. The number of benzene rings is 1. The summed E-state index contributed by atoms with van der Waals surface area (Å²) in [6.07, 6.45) is 2.70. The van der Waals surface area contributed by atoms with Crippen LogP contribution in [0.5, 0.6) is 5.75 Å². The number of rotatable bonds is 5. The lowest BCUT2D eigenvalue weighted by Crippen LogP contribution is -2.44. The quantitative estimate of drug-likeness (QED) is 0.360. The van der Waals surface area contributed by atoms with E-state index in [0.717, 1.165) is 30.9 Å². The molecule has 152 valence electrons. The van der Waals surface area contributed by atoms with Crippen LogP contribution >= 0.6 is 35.6 Å². The van der Waals surface area contributed by atoms with E-state index in [1.807, 2.05) is 18.2 Å². The minimum Gasteiger partial charge on any atom is -0.494 e. The Hall–Kier alpha value is -1.81. The molecule has 1 unspecified atom stereocenters. The highest BCUT2D eigenvalue weighted by atomic mass is 127. The van der Waals surface area contributed by atoms with Crippen LogP contribution in [0.1, 0.15) is 12.0 Å². The van der Waals surface area contributed by atoms with Crippen molar-refractivity contribution in [1.29, 1.82) is 0 Å². The second kappa shape index (κ2) is 10.7. The van der Waals surface area contributed by atoms with Gasteiger partial charge in [0.1, 0.15) is 5.82 Å². The molecule has 2 N–H and O–H groups in total. The lowest BCUT2D eigenvalue weighted by molar-refractivity contribution is 0.386. The number of guanidine groups is 1. The van der Waals surface area contributed by atoms with Gasteiger partial charge < -0.3 is 20.3 Å². The van der Waals surface area contributed by atoms with Crippen LogP contribution in [0.25, 0.3) is 0 Å². The third-order valence-electron chi connectivity index (χ3n) is 4.47. The molecule has 0 radical (unpaired) electrons. The first-order chi connectivity index (χ1) is 13.1. The van der Waals surface area contributed by atoms with Crippen molar-refractivity contribution in [2.24, 2.45) is 4.99 Å². The molecule has 2 heterocycles. The molecule has 0 saturated carbocycles. The van der Waals surface area contributed by atoms with Gasteiger partial charge in [-0.25, -0.2) is 9.37 Å². The van der Waals surface area contributed by atoms with Gasteiger partial charge in [-0.05, 0) is 36.2 Å². The van der Waals surface area contributed by atoms with Crippen molar-refractivity contribution in [3.05, 3.63) is 52.9 Å². The molecule has 0 aliphatic carbocycles. The molecule has 1 atom stereocenters. The van der Waals surface area contributed by atoms with E-state index in [0.29, 0.717) is 17.5 Å². The third kappa shape index (κ3) is 5.60. The van der Waals surface area contributed by atoms with E-state index in [-0.39, 0.29) is 41.6 Å². The first-order valence-corrected chi connectivity index (χ1v) is 9.13. The number of hydrogen-bond donors (Lipinski definition) is 2. The van der Waals surface area contributed by atoms with Crippen LogP contribution in [0, 0.1) is 5.82 Å². The number of halogens is 3. The van der Waals surface area contributed by atoms with Gasteiger partial charge >= 0.3 is 0 Å². The predicted octanol–water partition coefficient (Wildman–Crippen LogP) is 3.44. The summed E-state index contributed by atoms with van der Waals surface area (Å²) in [5.41, 5.74) is 0.810. The second-order valence-electron chi connectivity index (χ2n) is 6.28. The summed E-state index contributed by atoms with van der Waals surface area (Å²) in [7, 11) is 3.16. The SMILES string of the molecule is CN=C(NCc1ccc(OC)c(F)c1)NC1CCN(c2ncccc2Cl)C1.I. The summed E-state index contributed by atoms with van der Waals surface area (Å²) < 4.78 is 18.7. The number of hydrogen-bond acceptors (Lipinski definition) is 4. The number of pyridine rings is 1. The molecular weight excluding hydrogens is 496 g/mol.